The molecule has 1 aliphatic rings. The summed E-state index contributed by atoms with van der Waals surface area (Å²) in [5.74, 6) is 0. The van der Waals surface area contributed by atoms with Gasteiger partial charge in [0.2, 0.25) is 0 Å². The Hall–Kier alpha value is -1.59. The number of nitrogens with zero attached hydrogens (tertiary/aromatic N) is 1. The smallest absolute Gasteiger partial charge is 0.407 e. The van der Waals surface area contributed by atoms with Gasteiger partial charge in [0.15, 0.2) is 0 Å². The number of ether oxygens (including phenoxy) is 1. The van der Waals surface area contributed by atoms with E-state index in [0.29, 0.717) is 12.6 Å². The van der Waals surface area contributed by atoms with Crippen LogP contribution in [0.1, 0.15) is 38.7 Å². The number of alkyl carbamates (subject to hydrolysis) is 1. The van der Waals surface area contributed by atoms with Crippen molar-refractivity contribution in [2.75, 3.05) is 26.2 Å². The van der Waals surface area contributed by atoms with E-state index in [-0.39, 0.29) is 12.1 Å². The van der Waals surface area contributed by atoms with E-state index in [1.807, 2.05) is 30.3 Å². The molecule has 134 valence electrons. The lowest BCUT2D eigenvalue weighted by molar-refractivity contribution is 0.125. The number of hydrogen-bond donors (Lipinski definition) is 2. The van der Waals surface area contributed by atoms with E-state index in [0.717, 1.165) is 38.0 Å². The molecule has 1 aromatic rings. The molecule has 1 aliphatic carbocycles. The van der Waals surface area contributed by atoms with Crippen molar-refractivity contribution in [2.45, 2.75) is 51.8 Å². The first-order chi connectivity index (χ1) is 11.7. The molecule has 1 amide bonds. The summed E-state index contributed by atoms with van der Waals surface area (Å²) in [6, 6.07) is 10.5. The van der Waals surface area contributed by atoms with Crippen molar-refractivity contribution in [1.82, 2.24) is 15.5 Å². The van der Waals surface area contributed by atoms with Crippen LogP contribution in [0.4, 0.5) is 4.79 Å². The minimum absolute atomic E-state index is 0.240. The highest BCUT2D eigenvalue weighted by Crippen LogP contribution is 2.19. The van der Waals surface area contributed by atoms with E-state index in [1.165, 1.54) is 13.0 Å². The molecule has 0 bridgehead atoms. The molecule has 5 nitrogen and oxygen atoms in total. The summed E-state index contributed by atoms with van der Waals surface area (Å²) in [6.07, 6.45) is 2.86. The van der Waals surface area contributed by atoms with E-state index in [1.54, 1.807) is 0 Å². The molecule has 0 atom stereocenters. The van der Waals surface area contributed by atoms with Gasteiger partial charge in [-0.05, 0) is 37.9 Å². The van der Waals surface area contributed by atoms with Gasteiger partial charge < -0.3 is 20.3 Å². The van der Waals surface area contributed by atoms with E-state index >= 15 is 0 Å². The first kappa shape index (κ1) is 18.7. The fourth-order valence-electron chi connectivity index (χ4n) is 3.00. The van der Waals surface area contributed by atoms with Crippen molar-refractivity contribution in [2.24, 2.45) is 0 Å². The maximum absolute atomic E-state index is 11.8. The van der Waals surface area contributed by atoms with Crippen molar-refractivity contribution in [1.29, 1.82) is 0 Å². The summed E-state index contributed by atoms with van der Waals surface area (Å²) in [5, 5.41) is 6.51. The Kier molecular flexibility index (Phi) is 8.05. The van der Waals surface area contributed by atoms with Crippen LogP contribution in [-0.2, 0) is 11.3 Å². The summed E-state index contributed by atoms with van der Waals surface area (Å²) in [5.41, 5.74) is 1.01. The number of hydrogen-bond acceptors (Lipinski definition) is 4. The van der Waals surface area contributed by atoms with Gasteiger partial charge >= 0.3 is 6.09 Å². The molecule has 1 aromatic carbocycles. The van der Waals surface area contributed by atoms with Crippen LogP contribution >= 0.6 is 0 Å². The van der Waals surface area contributed by atoms with Gasteiger partial charge in [-0.1, -0.05) is 44.2 Å². The van der Waals surface area contributed by atoms with Gasteiger partial charge in [0, 0.05) is 25.2 Å². The van der Waals surface area contributed by atoms with Crippen LogP contribution in [0.15, 0.2) is 30.3 Å². The van der Waals surface area contributed by atoms with Crippen molar-refractivity contribution in [3.8, 4) is 0 Å². The van der Waals surface area contributed by atoms with Gasteiger partial charge in [0.25, 0.3) is 0 Å². The SMILES string of the molecule is CCCN(CC)CCNC1CC(NC(=O)OCc2ccccc2)C1. The Morgan fingerprint density at radius 2 is 1.92 bits per heavy atom. The van der Waals surface area contributed by atoms with Gasteiger partial charge in [0.1, 0.15) is 6.61 Å². The van der Waals surface area contributed by atoms with Gasteiger partial charge in [-0.3, -0.25) is 0 Å². The van der Waals surface area contributed by atoms with Crippen LogP contribution in [0.2, 0.25) is 0 Å². The van der Waals surface area contributed by atoms with Crippen molar-refractivity contribution < 1.29 is 9.53 Å². The fraction of sp³-hybridized carbons (Fsp3) is 0.632. The Morgan fingerprint density at radius 3 is 2.58 bits per heavy atom. The van der Waals surface area contributed by atoms with Crippen LogP contribution in [0.5, 0.6) is 0 Å². The molecule has 0 saturated heterocycles. The largest absolute Gasteiger partial charge is 0.445 e. The summed E-state index contributed by atoms with van der Waals surface area (Å²) in [7, 11) is 0. The number of amides is 1. The number of likely N-dealkylation sites (N-methyl/N-ethyl adjacent to an activating group) is 1. The maximum Gasteiger partial charge on any atom is 0.407 e. The van der Waals surface area contributed by atoms with Gasteiger partial charge in [-0.15, -0.1) is 0 Å². The highest BCUT2D eigenvalue weighted by Gasteiger charge is 2.30. The second-order valence-corrected chi connectivity index (χ2v) is 6.46. The molecule has 1 saturated carbocycles. The number of carbonyl (C=O) groups is 1. The van der Waals surface area contributed by atoms with Gasteiger partial charge in [-0.2, -0.15) is 0 Å². The predicted octanol–water partition coefficient (Wildman–Crippen LogP) is 2.77. The van der Waals surface area contributed by atoms with E-state index in [9.17, 15) is 4.79 Å². The first-order valence-electron chi connectivity index (χ1n) is 9.14. The summed E-state index contributed by atoms with van der Waals surface area (Å²) in [6.45, 7) is 9.14. The molecular weight excluding hydrogens is 302 g/mol. The topological polar surface area (TPSA) is 53.6 Å². The zero-order valence-electron chi connectivity index (χ0n) is 15.0. The molecule has 2 rings (SSSR count). The molecule has 1 fully saturated rings. The predicted molar refractivity (Wildman–Crippen MR) is 97.0 cm³/mol. The van der Waals surface area contributed by atoms with Crippen LogP contribution in [0.25, 0.3) is 0 Å². The number of rotatable bonds is 10. The molecular formula is C19H31N3O2. The molecule has 24 heavy (non-hydrogen) atoms. The number of carbonyl (C=O) groups excluding carboxylic acids is 1. The number of nitrogens with one attached hydrogen (secondary N) is 2. The summed E-state index contributed by atoms with van der Waals surface area (Å²) < 4.78 is 5.25. The lowest BCUT2D eigenvalue weighted by Gasteiger charge is -2.36. The number of benzene rings is 1. The summed E-state index contributed by atoms with van der Waals surface area (Å²) in [4.78, 5) is 14.2. The zero-order valence-corrected chi connectivity index (χ0v) is 15.0. The van der Waals surface area contributed by atoms with Crippen molar-refractivity contribution in [3.05, 3.63) is 35.9 Å². The van der Waals surface area contributed by atoms with Crippen LogP contribution in [0.3, 0.4) is 0 Å². The lowest BCUT2D eigenvalue weighted by Crippen LogP contribution is -2.53. The van der Waals surface area contributed by atoms with Crippen LogP contribution in [0, 0.1) is 0 Å². The Morgan fingerprint density at radius 1 is 1.17 bits per heavy atom. The Balaban J connectivity index is 1.52. The average Bonchev–Trinajstić information content (AvgIpc) is 2.57. The fourth-order valence-corrected chi connectivity index (χ4v) is 3.00. The maximum atomic E-state index is 11.8. The molecule has 0 spiro atoms. The van der Waals surface area contributed by atoms with Gasteiger partial charge in [0.05, 0.1) is 0 Å². The standard InChI is InChI=1S/C19H31N3O2/c1-3-11-22(4-2)12-10-20-17-13-18(14-17)21-19(23)24-15-16-8-6-5-7-9-16/h5-9,17-18,20H,3-4,10-15H2,1-2H3,(H,21,23). The Bertz CT molecular complexity index is 475. The van der Waals surface area contributed by atoms with Gasteiger partial charge in [-0.25, -0.2) is 4.79 Å². The minimum atomic E-state index is -0.317. The normalized spacial score (nSPS) is 19.8. The van der Waals surface area contributed by atoms with Crippen molar-refractivity contribution >= 4 is 6.09 Å². The highest BCUT2D eigenvalue weighted by molar-refractivity contribution is 5.67. The molecule has 5 heteroatoms. The third kappa shape index (κ3) is 6.49. The third-order valence-electron chi connectivity index (χ3n) is 4.52. The average molecular weight is 333 g/mol. The lowest BCUT2D eigenvalue weighted by atomic mass is 9.87. The van der Waals surface area contributed by atoms with E-state index < -0.39 is 0 Å². The summed E-state index contributed by atoms with van der Waals surface area (Å²) >= 11 is 0. The minimum Gasteiger partial charge on any atom is -0.445 e. The van der Waals surface area contributed by atoms with E-state index in [4.69, 9.17) is 4.74 Å². The first-order valence-corrected chi connectivity index (χ1v) is 9.14. The third-order valence-corrected chi connectivity index (χ3v) is 4.52. The van der Waals surface area contributed by atoms with Crippen molar-refractivity contribution in [3.63, 3.8) is 0 Å². The molecule has 0 aliphatic heterocycles. The second-order valence-electron chi connectivity index (χ2n) is 6.46. The molecule has 0 aromatic heterocycles. The molecule has 0 unspecified atom stereocenters. The van der Waals surface area contributed by atoms with Crippen LogP contribution < -0.4 is 10.6 Å². The van der Waals surface area contributed by atoms with E-state index in [2.05, 4.69) is 29.4 Å². The van der Waals surface area contributed by atoms with Crippen LogP contribution in [-0.4, -0.2) is 49.3 Å². The molecule has 0 heterocycles. The monoisotopic (exact) mass is 333 g/mol. The Labute approximate surface area is 145 Å². The zero-order chi connectivity index (χ0) is 17.2. The molecule has 2 N–H and O–H groups in total. The second kappa shape index (κ2) is 10.3. The highest BCUT2D eigenvalue weighted by atomic mass is 16.5. The molecule has 0 radical (unpaired) electrons. The quantitative estimate of drug-likeness (QED) is 0.691.